The van der Waals surface area contributed by atoms with E-state index in [1.165, 1.54) is 38.5 Å². The van der Waals surface area contributed by atoms with Crippen LogP contribution in [-0.4, -0.2) is 42.8 Å². The quantitative estimate of drug-likeness (QED) is 0.252. The molecule has 2 aliphatic rings. The Morgan fingerprint density at radius 3 is 2.24 bits per heavy atom. The molecule has 0 spiro atoms. The van der Waals surface area contributed by atoms with Crippen molar-refractivity contribution in [3.05, 3.63) is 47.7 Å². The summed E-state index contributed by atoms with van der Waals surface area (Å²) in [5, 5.41) is 18.2. The highest BCUT2D eigenvalue weighted by Gasteiger charge is 2.41. The Labute approximate surface area is 249 Å². The van der Waals surface area contributed by atoms with Crippen molar-refractivity contribution in [2.75, 3.05) is 5.32 Å². The summed E-state index contributed by atoms with van der Waals surface area (Å²) < 4.78 is 1.73. The maximum Gasteiger partial charge on any atom is 0.270 e. The zero-order valence-corrected chi connectivity index (χ0v) is 25.7. The van der Waals surface area contributed by atoms with Crippen molar-refractivity contribution >= 4 is 17.5 Å². The lowest BCUT2D eigenvalue weighted by atomic mass is 9.66. The molecule has 0 aromatic carbocycles. The molecule has 3 aromatic rings. The smallest absolute Gasteiger partial charge is 0.270 e. The molecule has 226 valence electrons. The first-order valence-corrected chi connectivity index (χ1v) is 16.0. The Balaban J connectivity index is 1.44. The highest BCUT2D eigenvalue weighted by molar-refractivity contribution is 6.00. The maximum atomic E-state index is 14.2. The zero-order valence-electron chi connectivity index (χ0n) is 25.7. The summed E-state index contributed by atoms with van der Waals surface area (Å²) in [5.41, 5.74) is 4.90. The number of nitrogens with zero attached hydrogens (tertiary/aromatic N) is 4. The van der Waals surface area contributed by atoms with Gasteiger partial charge in [-0.1, -0.05) is 71.1 Å². The largest absolute Gasteiger partial charge is 0.339 e. The molecule has 2 saturated carbocycles. The van der Waals surface area contributed by atoms with Gasteiger partial charge in [0.1, 0.15) is 11.7 Å². The second kappa shape index (κ2) is 13.7. The summed E-state index contributed by atoms with van der Waals surface area (Å²) in [4.78, 5) is 32.7. The molecule has 2 amide bonds. The first-order valence-electron chi connectivity index (χ1n) is 16.0. The molecule has 1 atom stereocenters. The lowest BCUT2D eigenvalue weighted by Gasteiger charge is -2.42. The molecule has 9 heteroatoms. The lowest BCUT2D eigenvalue weighted by molar-refractivity contribution is -0.120. The molecule has 9 nitrogen and oxygen atoms in total. The van der Waals surface area contributed by atoms with Crippen molar-refractivity contribution in [1.29, 1.82) is 0 Å². The summed E-state index contributed by atoms with van der Waals surface area (Å²) in [6, 6.07) is 4.97. The number of amides is 2. The molecule has 0 aliphatic heterocycles. The number of carbonyl (C=O) groups is 2. The molecule has 3 heterocycles. The van der Waals surface area contributed by atoms with E-state index in [1.54, 1.807) is 23.1 Å². The van der Waals surface area contributed by atoms with Gasteiger partial charge in [0.2, 0.25) is 5.91 Å². The van der Waals surface area contributed by atoms with E-state index in [4.69, 9.17) is 0 Å². The fourth-order valence-electron chi connectivity index (χ4n) is 7.34. The number of aryl methyl sites for hydroxylation is 2. The van der Waals surface area contributed by atoms with Crippen LogP contribution in [0.1, 0.15) is 113 Å². The van der Waals surface area contributed by atoms with Crippen LogP contribution in [0.5, 0.6) is 0 Å². The van der Waals surface area contributed by atoms with E-state index in [0.717, 1.165) is 54.7 Å². The van der Waals surface area contributed by atoms with Crippen molar-refractivity contribution < 1.29 is 9.59 Å². The predicted octanol–water partition coefficient (Wildman–Crippen LogP) is 6.63. The minimum Gasteiger partial charge on any atom is -0.339 e. The van der Waals surface area contributed by atoms with Crippen LogP contribution >= 0.6 is 0 Å². The van der Waals surface area contributed by atoms with Crippen molar-refractivity contribution in [1.82, 2.24) is 30.3 Å². The third-order valence-corrected chi connectivity index (χ3v) is 9.38. The van der Waals surface area contributed by atoms with Gasteiger partial charge in [-0.25, -0.2) is 0 Å². The molecular formula is C33H47N7O2. The lowest BCUT2D eigenvalue weighted by Crippen LogP contribution is -2.53. The number of hydrogen-bond acceptors (Lipinski definition) is 5. The summed E-state index contributed by atoms with van der Waals surface area (Å²) in [7, 11) is 0. The molecule has 0 saturated heterocycles. The van der Waals surface area contributed by atoms with Crippen LogP contribution in [0.3, 0.4) is 0 Å². The first kappa shape index (κ1) is 30.0. The Kier molecular flexibility index (Phi) is 9.75. The first-order chi connectivity index (χ1) is 20.4. The van der Waals surface area contributed by atoms with Crippen LogP contribution in [0.25, 0.3) is 11.3 Å². The van der Waals surface area contributed by atoms with Gasteiger partial charge < -0.3 is 10.6 Å². The van der Waals surface area contributed by atoms with Crippen LogP contribution in [-0.2, 0) is 11.2 Å². The van der Waals surface area contributed by atoms with Crippen molar-refractivity contribution in [3.8, 4) is 11.3 Å². The van der Waals surface area contributed by atoms with Crippen LogP contribution in [0.15, 0.2) is 30.6 Å². The van der Waals surface area contributed by atoms with Gasteiger partial charge in [0, 0.05) is 23.5 Å². The second-order valence-electron chi connectivity index (χ2n) is 12.5. The van der Waals surface area contributed by atoms with Crippen molar-refractivity contribution in [2.24, 2.45) is 17.8 Å². The molecule has 0 bridgehead atoms. The molecule has 5 rings (SSSR count). The Morgan fingerprint density at radius 1 is 1.00 bits per heavy atom. The topological polar surface area (TPSA) is 118 Å². The number of aromatic nitrogens is 5. The number of H-pyrrole nitrogens is 1. The van der Waals surface area contributed by atoms with Crippen molar-refractivity contribution in [2.45, 2.75) is 110 Å². The molecule has 2 fully saturated rings. The highest BCUT2D eigenvalue weighted by atomic mass is 16.2. The number of nitrogens with one attached hydrogen (secondary N) is 3. The molecule has 0 radical (unpaired) electrons. The molecule has 42 heavy (non-hydrogen) atoms. The number of carbonyl (C=O) groups excluding carboxylic acids is 2. The minimum absolute atomic E-state index is 0.0391. The van der Waals surface area contributed by atoms with E-state index in [0.29, 0.717) is 23.2 Å². The average Bonchev–Trinajstić information content (AvgIpc) is 3.65. The number of aromatic amines is 1. The van der Waals surface area contributed by atoms with E-state index >= 15 is 0 Å². The van der Waals surface area contributed by atoms with Gasteiger partial charge in [-0.2, -0.15) is 10.2 Å². The Morgan fingerprint density at radius 2 is 1.67 bits per heavy atom. The predicted molar refractivity (Wildman–Crippen MR) is 165 cm³/mol. The van der Waals surface area contributed by atoms with Crippen LogP contribution in [0.2, 0.25) is 0 Å². The third kappa shape index (κ3) is 6.60. The van der Waals surface area contributed by atoms with Gasteiger partial charge in [0.05, 0.1) is 23.3 Å². The summed E-state index contributed by atoms with van der Waals surface area (Å²) >= 11 is 0. The molecule has 3 aromatic heterocycles. The normalized spacial score (nSPS) is 17.5. The van der Waals surface area contributed by atoms with E-state index in [1.807, 2.05) is 32.9 Å². The van der Waals surface area contributed by atoms with Crippen LogP contribution in [0.4, 0.5) is 5.69 Å². The highest BCUT2D eigenvalue weighted by Crippen LogP contribution is 2.42. The molecule has 0 unspecified atom stereocenters. The average molecular weight is 574 g/mol. The van der Waals surface area contributed by atoms with E-state index in [-0.39, 0.29) is 23.8 Å². The summed E-state index contributed by atoms with van der Waals surface area (Å²) in [5.74, 6) is 0.533. The monoisotopic (exact) mass is 573 g/mol. The molecule has 2 aliphatic carbocycles. The van der Waals surface area contributed by atoms with Gasteiger partial charge in [-0.05, 0) is 63.1 Å². The van der Waals surface area contributed by atoms with E-state index in [9.17, 15) is 9.59 Å². The SMILES string of the molecule is CCc1n[nH]c(C)c1-c1ccc(NC(=O)[C@@H](NC(=O)c2ccnn2C(C)C)C(C2CCCCC2)C2CCCCC2)cn1. The van der Waals surface area contributed by atoms with E-state index < -0.39 is 6.04 Å². The van der Waals surface area contributed by atoms with Crippen molar-refractivity contribution in [3.63, 3.8) is 0 Å². The van der Waals surface area contributed by atoms with Gasteiger partial charge in [-0.3, -0.25) is 24.4 Å². The van der Waals surface area contributed by atoms with Gasteiger partial charge in [0.25, 0.3) is 5.91 Å². The van der Waals surface area contributed by atoms with Crippen LogP contribution < -0.4 is 10.6 Å². The Bertz CT molecular complexity index is 1310. The fourth-order valence-corrected chi connectivity index (χ4v) is 7.34. The summed E-state index contributed by atoms with van der Waals surface area (Å²) in [6.07, 6.45) is 15.9. The molecular weight excluding hydrogens is 526 g/mol. The number of pyridine rings is 1. The Hall–Kier alpha value is -3.49. The zero-order chi connectivity index (χ0) is 29.6. The standard InChI is InChI=1S/C33H47N7O2/c1-5-26-29(22(4)38-39-26)27-17-16-25(20-34-27)36-33(42)31(37-32(41)28-18-19-35-40(28)21(2)3)30(23-12-8-6-9-13-23)24-14-10-7-11-15-24/h16-21,23-24,30-31H,5-15H2,1-4H3,(H,36,42)(H,37,41)(H,38,39)/t31-/m0/s1. The molecule has 3 N–H and O–H groups in total. The second-order valence-corrected chi connectivity index (χ2v) is 12.5. The minimum atomic E-state index is -0.637. The number of rotatable bonds is 10. The summed E-state index contributed by atoms with van der Waals surface area (Å²) in [6.45, 7) is 8.08. The van der Waals surface area contributed by atoms with Crippen LogP contribution in [0, 0.1) is 24.7 Å². The van der Waals surface area contributed by atoms with Gasteiger partial charge in [0.15, 0.2) is 0 Å². The van der Waals surface area contributed by atoms with Gasteiger partial charge in [-0.15, -0.1) is 0 Å². The van der Waals surface area contributed by atoms with E-state index in [2.05, 4.69) is 37.8 Å². The third-order valence-electron chi connectivity index (χ3n) is 9.38. The number of hydrogen-bond donors (Lipinski definition) is 3. The fraction of sp³-hybridized carbons (Fsp3) is 0.606. The van der Waals surface area contributed by atoms with Gasteiger partial charge >= 0.3 is 0 Å². The number of anilines is 1. The maximum absolute atomic E-state index is 14.2.